The molecule has 6 nitrogen and oxygen atoms in total. The molecule has 0 aliphatic carbocycles. The van der Waals surface area contributed by atoms with Crippen LogP contribution in [0.1, 0.15) is 17.4 Å². The van der Waals surface area contributed by atoms with Crippen LogP contribution in [-0.4, -0.2) is 26.6 Å². The third kappa shape index (κ3) is 5.10. The predicted octanol–water partition coefficient (Wildman–Crippen LogP) is 3.79. The number of nitrogens with one attached hydrogen (secondary N) is 1. The molecular formula is C21H21N3O3S2. The maximum Gasteiger partial charge on any atom is 0.264 e. The number of amides is 1. The highest BCUT2D eigenvalue weighted by Gasteiger charge is 2.27. The second-order valence-corrected chi connectivity index (χ2v) is 9.18. The number of benzene rings is 2. The van der Waals surface area contributed by atoms with Gasteiger partial charge in [0.15, 0.2) is 0 Å². The summed E-state index contributed by atoms with van der Waals surface area (Å²) in [5.41, 5.74) is 4.42. The first-order valence-electron chi connectivity index (χ1n) is 8.89. The minimum absolute atomic E-state index is 0.118. The predicted molar refractivity (Wildman–Crippen MR) is 117 cm³/mol. The molecule has 0 radical (unpaired) electrons. The molecule has 0 saturated carbocycles. The van der Waals surface area contributed by atoms with Gasteiger partial charge < -0.3 is 0 Å². The largest absolute Gasteiger partial charge is 0.271 e. The molecule has 29 heavy (non-hydrogen) atoms. The zero-order valence-corrected chi connectivity index (χ0v) is 17.7. The van der Waals surface area contributed by atoms with Crippen LogP contribution in [-0.2, 0) is 14.8 Å². The van der Waals surface area contributed by atoms with Crippen LogP contribution >= 0.6 is 11.3 Å². The van der Waals surface area contributed by atoms with Gasteiger partial charge in [-0.25, -0.2) is 13.8 Å². The molecule has 1 amide bonds. The van der Waals surface area contributed by atoms with Gasteiger partial charge in [-0.1, -0.05) is 36.4 Å². The zero-order chi connectivity index (χ0) is 20.9. The van der Waals surface area contributed by atoms with E-state index in [4.69, 9.17) is 0 Å². The SMILES string of the molecule is C/C(=N/NC(=O)CN(c1cccc(C)c1)S(=O)(=O)c1ccccc1)c1cccs1. The second kappa shape index (κ2) is 9.02. The van der Waals surface area contributed by atoms with E-state index < -0.39 is 15.9 Å². The first-order chi connectivity index (χ1) is 13.9. The molecule has 0 bridgehead atoms. The molecule has 2 aromatic carbocycles. The van der Waals surface area contributed by atoms with E-state index in [9.17, 15) is 13.2 Å². The van der Waals surface area contributed by atoms with Gasteiger partial charge in [0.05, 0.1) is 16.3 Å². The van der Waals surface area contributed by atoms with Gasteiger partial charge in [-0.2, -0.15) is 5.10 Å². The fourth-order valence-corrected chi connectivity index (χ4v) is 4.78. The van der Waals surface area contributed by atoms with E-state index in [2.05, 4.69) is 10.5 Å². The second-order valence-electron chi connectivity index (χ2n) is 6.37. The summed E-state index contributed by atoms with van der Waals surface area (Å²) in [7, 11) is -3.92. The molecule has 8 heteroatoms. The quantitative estimate of drug-likeness (QED) is 0.460. The minimum atomic E-state index is -3.92. The standard InChI is InChI=1S/C21H21N3O3S2/c1-16-8-6-9-18(14-16)24(29(26,27)19-10-4-3-5-11-19)15-21(25)23-22-17(2)20-12-7-13-28-20/h3-14H,15H2,1-2H3,(H,23,25)/b22-17-. The number of hydrogen-bond donors (Lipinski definition) is 1. The molecular weight excluding hydrogens is 406 g/mol. The fourth-order valence-electron chi connectivity index (χ4n) is 2.67. The molecule has 1 aromatic heterocycles. The monoisotopic (exact) mass is 427 g/mol. The van der Waals surface area contributed by atoms with Crippen LogP contribution in [0.15, 0.2) is 82.1 Å². The molecule has 0 aliphatic heterocycles. The molecule has 0 unspecified atom stereocenters. The molecule has 1 heterocycles. The van der Waals surface area contributed by atoms with Gasteiger partial charge in [0.1, 0.15) is 6.54 Å². The molecule has 150 valence electrons. The van der Waals surface area contributed by atoms with E-state index >= 15 is 0 Å². The van der Waals surface area contributed by atoms with Crippen molar-refractivity contribution >= 4 is 38.7 Å². The highest BCUT2D eigenvalue weighted by atomic mass is 32.2. The number of carbonyl (C=O) groups is 1. The number of nitrogens with zero attached hydrogens (tertiary/aromatic N) is 2. The lowest BCUT2D eigenvalue weighted by Crippen LogP contribution is -2.39. The topological polar surface area (TPSA) is 78.8 Å². The number of thiophene rings is 1. The number of hydrogen-bond acceptors (Lipinski definition) is 5. The van der Waals surface area contributed by atoms with Crippen molar-refractivity contribution in [2.75, 3.05) is 10.8 Å². The van der Waals surface area contributed by atoms with Crippen molar-refractivity contribution in [3.63, 3.8) is 0 Å². The Labute approximate surface area is 174 Å². The summed E-state index contributed by atoms with van der Waals surface area (Å²) in [5.74, 6) is -0.526. The van der Waals surface area contributed by atoms with E-state index in [1.54, 1.807) is 43.3 Å². The molecule has 3 rings (SSSR count). The number of carbonyl (C=O) groups excluding carboxylic acids is 1. The minimum Gasteiger partial charge on any atom is -0.271 e. The lowest BCUT2D eigenvalue weighted by molar-refractivity contribution is -0.119. The first-order valence-corrected chi connectivity index (χ1v) is 11.2. The van der Waals surface area contributed by atoms with Crippen LogP contribution in [0.4, 0.5) is 5.69 Å². The Bertz CT molecular complexity index is 1110. The number of anilines is 1. The molecule has 0 atom stereocenters. The summed E-state index contributed by atoms with van der Waals surface area (Å²) in [6.07, 6.45) is 0. The molecule has 3 aromatic rings. The Morgan fingerprint density at radius 3 is 2.48 bits per heavy atom. The molecule has 0 spiro atoms. The van der Waals surface area contributed by atoms with Crippen LogP contribution in [0.25, 0.3) is 0 Å². The molecule has 0 saturated heterocycles. The Morgan fingerprint density at radius 2 is 1.83 bits per heavy atom. The summed E-state index contributed by atoms with van der Waals surface area (Å²) in [5, 5.41) is 6.01. The van der Waals surface area contributed by atoms with Gasteiger partial charge in [0.2, 0.25) is 0 Å². The first kappa shape index (κ1) is 20.8. The smallest absolute Gasteiger partial charge is 0.264 e. The van der Waals surface area contributed by atoms with Crippen molar-refractivity contribution < 1.29 is 13.2 Å². The average Bonchev–Trinajstić information content (AvgIpc) is 3.26. The molecule has 0 fully saturated rings. The lowest BCUT2D eigenvalue weighted by atomic mass is 10.2. The fraction of sp³-hybridized carbons (Fsp3) is 0.143. The van der Waals surface area contributed by atoms with E-state index in [-0.39, 0.29) is 11.4 Å². The van der Waals surface area contributed by atoms with E-state index in [0.717, 1.165) is 14.7 Å². The van der Waals surface area contributed by atoms with Crippen molar-refractivity contribution in [1.29, 1.82) is 0 Å². The zero-order valence-electron chi connectivity index (χ0n) is 16.1. The van der Waals surface area contributed by atoms with Crippen LogP contribution in [0.3, 0.4) is 0 Å². The summed E-state index contributed by atoms with van der Waals surface area (Å²) in [6.45, 7) is 3.26. The maximum atomic E-state index is 13.2. The van der Waals surface area contributed by atoms with Crippen LogP contribution in [0.2, 0.25) is 0 Å². The molecule has 0 aliphatic rings. The number of hydrazone groups is 1. The van der Waals surface area contributed by atoms with Gasteiger partial charge >= 0.3 is 0 Å². The lowest BCUT2D eigenvalue weighted by Gasteiger charge is -2.24. The normalized spacial score (nSPS) is 11.9. The maximum absolute atomic E-state index is 13.2. The van der Waals surface area contributed by atoms with E-state index in [0.29, 0.717) is 11.4 Å². The van der Waals surface area contributed by atoms with Crippen molar-refractivity contribution in [2.24, 2.45) is 5.10 Å². The Kier molecular flexibility index (Phi) is 6.46. The van der Waals surface area contributed by atoms with E-state index in [1.165, 1.54) is 23.5 Å². The van der Waals surface area contributed by atoms with Crippen molar-refractivity contribution in [3.05, 3.63) is 82.6 Å². The molecule has 1 N–H and O–H groups in total. The van der Waals surface area contributed by atoms with Crippen LogP contribution in [0, 0.1) is 6.92 Å². The highest BCUT2D eigenvalue weighted by molar-refractivity contribution is 7.92. The summed E-state index contributed by atoms with van der Waals surface area (Å²) < 4.78 is 27.5. The summed E-state index contributed by atoms with van der Waals surface area (Å²) >= 11 is 1.51. The van der Waals surface area contributed by atoms with Gasteiger partial charge in [0, 0.05) is 4.88 Å². The summed E-state index contributed by atoms with van der Waals surface area (Å²) in [4.78, 5) is 13.6. The van der Waals surface area contributed by atoms with Crippen molar-refractivity contribution in [1.82, 2.24) is 5.43 Å². The Hall–Kier alpha value is -2.97. The highest BCUT2D eigenvalue weighted by Crippen LogP contribution is 2.24. The van der Waals surface area contributed by atoms with Crippen LogP contribution < -0.4 is 9.73 Å². The Balaban J connectivity index is 1.88. The summed E-state index contributed by atoms with van der Waals surface area (Å²) in [6, 6.07) is 18.9. The average molecular weight is 428 g/mol. The Morgan fingerprint density at radius 1 is 1.07 bits per heavy atom. The third-order valence-electron chi connectivity index (χ3n) is 4.13. The van der Waals surface area contributed by atoms with Crippen molar-refractivity contribution in [2.45, 2.75) is 18.7 Å². The number of aryl methyl sites for hydroxylation is 1. The van der Waals surface area contributed by atoms with Crippen LogP contribution in [0.5, 0.6) is 0 Å². The van der Waals surface area contributed by atoms with Gasteiger partial charge in [-0.15, -0.1) is 11.3 Å². The van der Waals surface area contributed by atoms with Gasteiger partial charge in [-0.3, -0.25) is 9.10 Å². The van der Waals surface area contributed by atoms with Gasteiger partial charge in [-0.05, 0) is 55.1 Å². The van der Waals surface area contributed by atoms with Crippen molar-refractivity contribution in [3.8, 4) is 0 Å². The third-order valence-corrected chi connectivity index (χ3v) is 6.90. The van der Waals surface area contributed by atoms with Gasteiger partial charge in [0.25, 0.3) is 15.9 Å². The van der Waals surface area contributed by atoms with E-state index in [1.807, 2.05) is 30.5 Å². The number of sulfonamides is 1. The number of rotatable bonds is 7.